The molecule has 1 N–H and O–H groups in total. The molecule has 2 nitrogen and oxygen atoms in total. The highest BCUT2D eigenvalue weighted by Crippen LogP contribution is 2.17. The van der Waals surface area contributed by atoms with Crippen molar-refractivity contribution in [3.8, 4) is 0 Å². The van der Waals surface area contributed by atoms with Crippen LogP contribution in [0.1, 0.15) is 15.9 Å². The lowest BCUT2D eigenvalue weighted by Gasteiger charge is -2.02. The molecule has 0 bridgehead atoms. The molecule has 0 aliphatic heterocycles. The smallest absolute Gasteiger partial charge is 0.188 e. The molecule has 0 unspecified atom stereocenters. The van der Waals surface area contributed by atoms with Gasteiger partial charge in [0.2, 0.25) is 0 Å². The van der Waals surface area contributed by atoms with Gasteiger partial charge in [0.25, 0.3) is 0 Å². The predicted octanol–water partition coefficient (Wildman–Crippen LogP) is 2.32. The molecule has 0 fully saturated rings. The third kappa shape index (κ3) is 1.90. The molecule has 0 saturated heterocycles. The second kappa shape index (κ2) is 3.83. The van der Waals surface area contributed by atoms with E-state index in [2.05, 4.69) is 6.07 Å². The van der Waals surface area contributed by atoms with Crippen molar-refractivity contribution in [2.24, 2.45) is 0 Å². The Kier molecular flexibility index (Phi) is 2.52. The molecular formula is C13H12O2. The lowest BCUT2D eigenvalue weighted by atomic mass is 10.0. The standard InChI is InChI=1S/C13H12O2/c1-9-2-3-11-7-12(13(15)8-14)5-4-10(11)6-9/h2-7,14H,8H2,1H3. The number of ketones is 1. The van der Waals surface area contributed by atoms with E-state index >= 15 is 0 Å². The molecule has 0 heterocycles. The second-order valence-corrected chi connectivity index (χ2v) is 3.65. The van der Waals surface area contributed by atoms with Crippen molar-refractivity contribution in [3.63, 3.8) is 0 Å². The highest BCUT2D eigenvalue weighted by atomic mass is 16.3. The number of aliphatic hydroxyl groups excluding tert-OH is 1. The number of aryl methyl sites for hydroxylation is 1. The van der Waals surface area contributed by atoms with Crippen molar-refractivity contribution in [2.45, 2.75) is 6.92 Å². The maximum atomic E-state index is 11.3. The van der Waals surface area contributed by atoms with Crippen LogP contribution in [0.3, 0.4) is 0 Å². The number of carbonyl (C=O) groups excluding carboxylic acids is 1. The predicted molar refractivity (Wildman–Crippen MR) is 60.1 cm³/mol. The van der Waals surface area contributed by atoms with Crippen molar-refractivity contribution in [1.82, 2.24) is 0 Å². The normalized spacial score (nSPS) is 10.5. The van der Waals surface area contributed by atoms with Gasteiger partial charge in [-0.15, -0.1) is 0 Å². The van der Waals surface area contributed by atoms with E-state index < -0.39 is 6.61 Å². The Bertz CT molecular complexity index is 515. The number of Topliss-reactive ketones (excluding diaryl/α,β-unsaturated/α-hetero) is 1. The van der Waals surface area contributed by atoms with E-state index in [0.717, 1.165) is 10.8 Å². The Morgan fingerprint density at radius 3 is 2.53 bits per heavy atom. The van der Waals surface area contributed by atoms with Crippen LogP contribution in [-0.4, -0.2) is 17.5 Å². The highest BCUT2D eigenvalue weighted by Gasteiger charge is 2.04. The second-order valence-electron chi connectivity index (χ2n) is 3.65. The first-order valence-electron chi connectivity index (χ1n) is 4.85. The van der Waals surface area contributed by atoms with Gasteiger partial charge in [0.05, 0.1) is 0 Å². The third-order valence-corrected chi connectivity index (χ3v) is 2.46. The SMILES string of the molecule is Cc1ccc2cc(C(=O)CO)ccc2c1. The molecule has 0 atom stereocenters. The van der Waals surface area contributed by atoms with Crippen LogP contribution in [0.5, 0.6) is 0 Å². The lowest BCUT2D eigenvalue weighted by molar-refractivity contribution is 0.0904. The summed E-state index contributed by atoms with van der Waals surface area (Å²) in [6.45, 7) is 1.60. The van der Waals surface area contributed by atoms with E-state index in [9.17, 15) is 4.79 Å². The Labute approximate surface area is 88.2 Å². The van der Waals surface area contributed by atoms with Crippen LogP contribution in [0, 0.1) is 6.92 Å². The molecular weight excluding hydrogens is 188 g/mol. The number of aliphatic hydroxyl groups is 1. The molecule has 0 radical (unpaired) electrons. The van der Waals surface area contributed by atoms with Gasteiger partial charge in [-0.1, -0.05) is 35.9 Å². The summed E-state index contributed by atoms with van der Waals surface area (Å²) in [6, 6.07) is 11.5. The van der Waals surface area contributed by atoms with Gasteiger partial charge in [-0.05, 0) is 23.8 Å². The maximum Gasteiger partial charge on any atom is 0.188 e. The summed E-state index contributed by atoms with van der Waals surface area (Å²) in [6.07, 6.45) is 0. The first-order chi connectivity index (χ1) is 7.20. The molecule has 76 valence electrons. The number of hydrogen-bond acceptors (Lipinski definition) is 2. The molecule has 2 rings (SSSR count). The van der Waals surface area contributed by atoms with E-state index in [1.165, 1.54) is 5.56 Å². The average Bonchev–Trinajstić information content (AvgIpc) is 2.27. The fourth-order valence-corrected chi connectivity index (χ4v) is 1.63. The van der Waals surface area contributed by atoms with E-state index in [0.29, 0.717) is 5.56 Å². The van der Waals surface area contributed by atoms with Crippen molar-refractivity contribution < 1.29 is 9.90 Å². The van der Waals surface area contributed by atoms with Gasteiger partial charge < -0.3 is 5.11 Å². The van der Waals surface area contributed by atoms with Gasteiger partial charge in [0.1, 0.15) is 6.61 Å². The first kappa shape index (κ1) is 9.87. The van der Waals surface area contributed by atoms with Gasteiger partial charge in [-0.3, -0.25) is 4.79 Å². The molecule has 0 aliphatic rings. The Morgan fingerprint density at radius 2 is 1.80 bits per heavy atom. The first-order valence-corrected chi connectivity index (χ1v) is 4.85. The highest BCUT2D eigenvalue weighted by molar-refractivity contribution is 6.00. The van der Waals surface area contributed by atoms with Crippen molar-refractivity contribution in [1.29, 1.82) is 0 Å². The zero-order valence-corrected chi connectivity index (χ0v) is 8.53. The third-order valence-electron chi connectivity index (χ3n) is 2.46. The van der Waals surface area contributed by atoms with E-state index in [4.69, 9.17) is 5.11 Å². The molecule has 15 heavy (non-hydrogen) atoms. The molecule has 0 aromatic heterocycles. The molecule has 0 spiro atoms. The molecule has 2 heteroatoms. The van der Waals surface area contributed by atoms with Crippen molar-refractivity contribution in [2.75, 3.05) is 6.61 Å². The fraction of sp³-hybridized carbons (Fsp3) is 0.154. The lowest BCUT2D eigenvalue weighted by Crippen LogP contribution is -2.03. The Balaban J connectivity index is 2.57. The molecule has 2 aromatic carbocycles. The minimum atomic E-state index is -0.433. The summed E-state index contributed by atoms with van der Waals surface area (Å²) in [5.74, 6) is -0.238. The largest absolute Gasteiger partial charge is 0.388 e. The van der Waals surface area contributed by atoms with Gasteiger partial charge >= 0.3 is 0 Å². The van der Waals surface area contributed by atoms with Crippen LogP contribution in [0.25, 0.3) is 10.8 Å². The Morgan fingerprint density at radius 1 is 1.13 bits per heavy atom. The van der Waals surface area contributed by atoms with Gasteiger partial charge in [0, 0.05) is 5.56 Å². The fourth-order valence-electron chi connectivity index (χ4n) is 1.63. The van der Waals surface area contributed by atoms with Crippen LogP contribution < -0.4 is 0 Å². The van der Waals surface area contributed by atoms with Gasteiger partial charge in [-0.25, -0.2) is 0 Å². The minimum Gasteiger partial charge on any atom is -0.388 e. The number of fused-ring (bicyclic) bond motifs is 1. The molecule has 2 aromatic rings. The molecule has 0 saturated carbocycles. The monoisotopic (exact) mass is 200 g/mol. The molecule has 0 amide bonds. The zero-order chi connectivity index (χ0) is 10.8. The summed E-state index contributed by atoms with van der Waals surface area (Å²) in [5.41, 5.74) is 1.76. The number of rotatable bonds is 2. The van der Waals surface area contributed by atoms with E-state index in [-0.39, 0.29) is 5.78 Å². The number of hydrogen-bond donors (Lipinski definition) is 1. The number of benzene rings is 2. The van der Waals surface area contributed by atoms with E-state index in [1.807, 2.05) is 31.2 Å². The summed E-state index contributed by atoms with van der Waals surface area (Å²) >= 11 is 0. The topological polar surface area (TPSA) is 37.3 Å². The summed E-state index contributed by atoms with van der Waals surface area (Å²) in [5, 5.41) is 10.9. The van der Waals surface area contributed by atoms with Crippen molar-refractivity contribution in [3.05, 3.63) is 47.5 Å². The number of carbonyl (C=O) groups is 1. The zero-order valence-electron chi connectivity index (χ0n) is 8.53. The quantitative estimate of drug-likeness (QED) is 0.755. The van der Waals surface area contributed by atoms with E-state index in [1.54, 1.807) is 6.07 Å². The average molecular weight is 200 g/mol. The van der Waals surface area contributed by atoms with Gasteiger partial charge in [-0.2, -0.15) is 0 Å². The van der Waals surface area contributed by atoms with Crippen LogP contribution >= 0.6 is 0 Å². The van der Waals surface area contributed by atoms with Crippen LogP contribution in [0.15, 0.2) is 36.4 Å². The summed E-state index contributed by atoms with van der Waals surface area (Å²) < 4.78 is 0. The minimum absolute atomic E-state index is 0.238. The Hall–Kier alpha value is -1.67. The maximum absolute atomic E-state index is 11.3. The molecule has 0 aliphatic carbocycles. The summed E-state index contributed by atoms with van der Waals surface area (Å²) in [4.78, 5) is 11.3. The summed E-state index contributed by atoms with van der Waals surface area (Å²) in [7, 11) is 0. The van der Waals surface area contributed by atoms with Crippen molar-refractivity contribution >= 4 is 16.6 Å². The van der Waals surface area contributed by atoms with Gasteiger partial charge in [0.15, 0.2) is 5.78 Å². The van der Waals surface area contributed by atoms with Crippen LogP contribution in [-0.2, 0) is 0 Å². The van der Waals surface area contributed by atoms with Crippen LogP contribution in [0.2, 0.25) is 0 Å². The van der Waals surface area contributed by atoms with Crippen LogP contribution in [0.4, 0.5) is 0 Å².